The zero-order chi connectivity index (χ0) is 22.0. The highest BCUT2D eigenvalue weighted by atomic mass is 16.2. The van der Waals surface area contributed by atoms with Crippen molar-refractivity contribution >= 4 is 17.7 Å². The monoisotopic (exact) mass is 429 g/mol. The van der Waals surface area contributed by atoms with Crippen molar-refractivity contribution in [3.05, 3.63) is 17.5 Å². The molecule has 1 aromatic rings. The third-order valence-electron chi connectivity index (χ3n) is 7.04. The minimum atomic E-state index is -1.02. The van der Waals surface area contributed by atoms with Gasteiger partial charge >= 0.3 is 0 Å². The molecular formula is C23H35N5O3. The van der Waals surface area contributed by atoms with Crippen LogP contribution in [0, 0.1) is 0 Å². The summed E-state index contributed by atoms with van der Waals surface area (Å²) in [6.07, 6.45) is 9.28. The van der Waals surface area contributed by atoms with Crippen molar-refractivity contribution < 1.29 is 14.4 Å². The summed E-state index contributed by atoms with van der Waals surface area (Å²) in [5.41, 5.74) is -0.308. The third-order valence-corrected chi connectivity index (χ3v) is 7.04. The normalized spacial score (nSPS) is 24.8. The van der Waals surface area contributed by atoms with Gasteiger partial charge in [0.05, 0.1) is 6.54 Å². The Morgan fingerprint density at radius 2 is 1.81 bits per heavy atom. The molecule has 1 saturated heterocycles. The zero-order valence-corrected chi connectivity index (χ0v) is 18.9. The van der Waals surface area contributed by atoms with Gasteiger partial charge in [-0.15, -0.1) is 0 Å². The second-order valence-corrected chi connectivity index (χ2v) is 9.46. The maximum atomic E-state index is 13.4. The van der Waals surface area contributed by atoms with Crippen LogP contribution < -0.4 is 5.32 Å². The molecule has 0 aromatic carbocycles. The van der Waals surface area contributed by atoms with Crippen molar-refractivity contribution in [1.82, 2.24) is 24.9 Å². The second-order valence-electron chi connectivity index (χ2n) is 9.46. The number of hydrogen-bond acceptors (Lipinski definition) is 4. The third kappa shape index (κ3) is 4.21. The van der Waals surface area contributed by atoms with E-state index in [1.807, 2.05) is 18.7 Å². The largest absolute Gasteiger partial charge is 0.351 e. The predicted molar refractivity (Wildman–Crippen MR) is 117 cm³/mol. The lowest BCUT2D eigenvalue weighted by molar-refractivity contribution is -0.133. The first-order valence-electron chi connectivity index (χ1n) is 11.9. The van der Waals surface area contributed by atoms with Crippen LogP contribution in [0.15, 0.2) is 6.07 Å². The van der Waals surface area contributed by atoms with Crippen LogP contribution in [0.3, 0.4) is 0 Å². The van der Waals surface area contributed by atoms with E-state index < -0.39 is 5.54 Å². The van der Waals surface area contributed by atoms with Crippen molar-refractivity contribution in [1.29, 1.82) is 0 Å². The fourth-order valence-corrected chi connectivity index (χ4v) is 5.17. The smallest absolute Gasteiger partial charge is 0.274 e. The molecule has 3 aliphatic rings. The van der Waals surface area contributed by atoms with E-state index in [1.165, 1.54) is 0 Å². The summed E-state index contributed by atoms with van der Waals surface area (Å²) in [5.74, 6) is -0.460. The van der Waals surface area contributed by atoms with Gasteiger partial charge in [0.25, 0.3) is 11.8 Å². The molecule has 8 nitrogen and oxygen atoms in total. The highest BCUT2D eigenvalue weighted by Crippen LogP contribution is 2.29. The standard InChI is InChI=1S/C23H35N5O3/c1-3-12-27-21(30)19-15-18(20(29)26-13-8-4-5-9-14-26)25-28(19)16-23(27,2)22(31)24-17-10-6-7-11-17/h15,17H,3-14,16H2,1-2H3,(H,24,31)/t23-/m0/s1. The lowest BCUT2D eigenvalue weighted by Gasteiger charge is -2.43. The molecule has 0 spiro atoms. The Kier molecular flexibility index (Phi) is 6.34. The van der Waals surface area contributed by atoms with E-state index in [4.69, 9.17) is 0 Å². The van der Waals surface area contributed by atoms with Gasteiger partial charge in [-0.05, 0) is 39.0 Å². The Hall–Kier alpha value is -2.38. The Bertz CT molecular complexity index is 836. The number of amides is 3. The first-order valence-corrected chi connectivity index (χ1v) is 11.9. The van der Waals surface area contributed by atoms with Gasteiger partial charge in [0, 0.05) is 31.7 Å². The van der Waals surface area contributed by atoms with Crippen molar-refractivity contribution in [2.24, 2.45) is 0 Å². The van der Waals surface area contributed by atoms with Gasteiger partial charge in [-0.2, -0.15) is 5.10 Å². The molecular weight excluding hydrogens is 394 g/mol. The first-order chi connectivity index (χ1) is 14.9. The molecule has 3 amide bonds. The van der Waals surface area contributed by atoms with E-state index in [2.05, 4.69) is 10.4 Å². The number of likely N-dealkylation sites (tertiary alicyclic amines) is 1. The number of carbonyl (C=O) groups excluding carboxylic acids is 3. The molecule has 1 atom stereocenters. The number of nitrogens with one attached hydrogen (secondary N) is 1. The molecule has 0 unspecified atom stereocenters. The second kappa shape index (κ2) is 9.01. The number of aromatic nitrogens is 2. The van der Waals surface area contributed by atoms with Crippen LogP contribution in [0.5, 0.6) is 0 Å². The molecule has 2 aliphatic heterocycles. The van der Waals surface area contributed by atoms with E-state index >= 15 is 0 Å². The van der Waals surface area contributed by atoms with Gasteiger partial charge in [-0.3, -0.25) is 19.1 Å². The van der Waals surface area contributed by atoms with Crippen LogP contribution >= 0.6 is 0 Å². The topological polar surface area (TPSA) is 87.5 Å². The lowest BCUT2D eigenvalue weighted by atomic mass is 9.94. The summed E-state index contributed by atoms with van der Waals surface area (Å²) >= 11 is 0. The molecule has 1 aliphatic carbocycles. The summed E-state index contributed by atoms with van der Waals surface area (Å²) in [7, 11) is 0. The fourth-order valence-electron chi connectivity index (χ4n) is 5.17. The molecule has 1 saturated carbocycles. The van der Waals surface area contributed by atoms with Crippen molar-refractivity contribution in [2.45, 2.75) is 89.8 Å². The number of rotatable bonds is 5. The first kappa shape index (κ1) is 21.8. The minimum absolute atomic E-state index is 0.115. The lowest BCUT2D eigenvalue weighted by Crippen LogP contribution is -2.65. The van der Waals surface area contributed by atoms with Gasteiger partial charge in [-0.25, -0.2) is 0 Å². The quantitative estimate of drug-likeness (QED) is 0.779. The summed E-state index contributed by atoms with van der Waals surface area (Å²) in [4.78, 5) is 43.3. The maximum Gasteiger partial charge on any atom is 0.274 e. The van der Waals surface area contributed by atoms with Crippen molar-refractivity contribution in [3.63, 3.8) is 0 Å². The van der Waals surface area contributed by atoms with Crippen LogP contribution in [0.4, 0.5) is 0 Å². The van der Waals surface area contributed by atoms with E-state index in [1.54, 1.807) is 15.6 Å². The van der Waals surface area contributed by atoms with E-state index in [9.17, 15) is 14.4 Å². The van der Waals surface area contributed by atoms with Crippen LogP contribution in [-0.2, 0) is 11.3 Å². The number of fused-ring (bicyclic) bond motifs is 1. The molecule has 3 heterocycles. The van der Waals surface area contributed by atoms with Crippen LogP contribution in [-0.4, -0.2) is 68.5 Å². The summed E-state index contributed by atoms with van der Waals surface area (Å²) in [5, 5.41) is 7.68. The van der Waals surface area contributed by atoms with Crippen molar-refractivity contribution in [3.8, 4) is 0 Å². The maximum absolute atomic E-state index is 13.4. The summed E-state index contributed by atoms with van der Waals surface area (Å²) in [6, 6.07) is 1.80. The number of carbonyl (C=O) groups is 3. The molecule has 0 bridgehead atoms. The van der Waals surface area contributed by atoms with Gasteiger partial charge in [-0.1, -0.05) is 32.6 Å². The molecule has 170 valence electrons. The fraction of sp³-hybridized carbons (Fsp3) is 0.739. The van der Waals surface area contributed by atoms with Crippen LogP contribution in [0.25, 0.3) is 0 Å². The van der Waals surface area contributed by atoms with Crippen LogP contribution in [0.2, 0.25) is 0 Å². The molecule has 8 heteroatoms. The Morgan fingerprint density at radius 3 is 2.45 bits per heavy atom. The Balaban J connectivity index is 1.60. The zero-order valence-electron chi connectivity index (χ0n) is 18.9. The highest BCUT2D eigenvalue weighted by Gasteiger charge is 2.48. The Labute approximate surface area is 184 Å². The summed E-state index contributed by atoms with van der Waals surface area (Å²) in [6.45, 7) is 6.05. The average molecular weight is 430 g/mol. The molecule has 31 heavy (non-hydrogen) atoms. The average Bonchev–Trinajstić information content (AvgIpc) is 3.33. The molecule has 1 N–H and O–H groups in total. The van der Waals surface area contributed by atoms with Crippen molar-refractivity contribution in [2.75, 3.05) is 19.6 Å². The van der Waals surface area contributed by atoms with Crippen LogP contribution in [0.1, 0.15) is 92.6 Å². The molecule has 1 aromatic heterocycles. The molecule has 4 rings (SSSR count). The predicted octanol–water partition coefficient (Wildman–Crippen LogP) is 2.58. The number of hydrogen-bond donors (Lipinski definition) is 1. The Morgan fingerprint density at radius 1 is 1.13 bits per heavy atom. The van der Waals surface area contributed by atoms with Gasteiger partial charge in [0.2, 0.25) is 5.91 Å². The van der Waals surface area contributed by atoms with E-state index in [0.29, 0.717) is 17.9 Å². The van der Waals surface area contributed by atoms with Gasteiger partial charge in [0.1, 0.15) is 11.2 Å². The molecule has 2 fully saturated rings. The SMILES string of the molecule is CCCN1C(=O)c2cc(C(=O)N3CCCCCC3)nn2C[C@@]1(C)C(=O)NC1CCCC1. The van der Waals surface area contributed by atoms with Gasteiger partial charge in [0.15, 0.2) is 5.69 Å². The summed E-state index contributed by atoms with van der Waals surface area (Å²) < 4.78 is 1.58. The van der Waals surface area contributed by atoms with E-state index in [-0.39, 0.29) is 30.3 Å². The molecule has 0 radical (unpaired) electrons. The van der Waals surface area contributed by atoms with E-state index in [0.717, 1.165) is 70.9 Å². The number of nitrogens with zero attached hydrogens (tertiary/aromatic N) is 4. The minimum Gasteiger partial charge on any atom is -0.351 e. The highest BCUT2D eigenvalue weighted by molar-refractivity contribution is 6.02. The van der Waals surface area contributed by atoms with Gasteiger partial charge < -0.3 is 15.1 Å².